The van der Waals surface area contributed by atoms with E-state index < -0.39 is 4.92 Å². The van der Waals surface area contributed by atoms with Crippen molar-refractivity contribution in [1.29, 1.82) is 0 Å². The minimum atomic E-state index is -0.428. The van der Waals surface area contributed by atoms with Crippen molar-refractivity contribution in [3.05, 3.63) is 52.8 Å². The van der Waals surface area contributed by atoms with Crippen LogP contribution in [0.2, 0.25) is 0 Å². The molecule has 0 unspecified atom stereocenters. The summed E-state index contributed by atoms with van der Waals surface area (Å²) in [4.78, 5) is 27.9. The van der Waals surface area contributed by atoms with Crippen molar-refractivity contribution >= 4 is 23.1 Å². The SMILES string of the molecule is CC(=O)[n+]1c(-c2ccccn2)c(NC2CCCCC2)n2cc([N+](=O)[O-])ccc21.[Cl-]. The minimum absolute atomic E-state index is 0. The Kier molecular flexibility index (Phi) is 6.12. The number of nitrogens with one attached hydrogen (secondary N) is 1. The second-order valence-corrected chi connectivity index (χ2v) is 7.12. The molecule has 0 atom stereocenters. The molecule has 1 aliphatic carbocycles. The molecular formula is C20H22ClN5O3. The van der Waals surface area contributed by atoms with E-state index in [1.165, 1.54) is 25.6 Å². The number of halogens is 1. The summed E-state index contributed by atoms with van der Waals surface area (Å²) in [5.74, 6) is 0.489. The third-order valence-electron chi connectivity index (χ3n) is 5.21. The molecule has 9 heteroatoms. The first-order valence-corrected chi connectivity index (χ1v) is 9.49. The molecule has 3 aromatic heterocycles. The Morgan fingerprint density at radius 2 is 2.00 bits per heavy atom. The lowest BCUT2D eigenvalue weighted by atomic mass is 9.95. The maximum Gasteiger partial charge on any atom is 0.311 e. The van der Waals surface area contributed by atoms with Gasteiger partial charge in [-0.2, -0.15) is 8.97 Å². The lowest BCUT2D eigenvalue weighted by Gasteiger charge is -2.22. The van der Waals surface area contributed by atoms with E-state index in [1.54, 1.807) is 21.2 Å². The normalized spacial score (nSPS) is 14.4. The first-order chi connectivity index (χ1) is 13.6. The number of anilines is 1. The van der Waals surface area contributed by atoms with Gasteiger partial charge in [0, 0.05) is 31.3 Å². The monoisotopic (exact) mass is 415 g/mol. The summed E-state index contributed by atoms with van der Waals surface area (Å²) in [6.45, 7) is 1.48. The Morgan fingerprint density at radius 1 is 1.24 bits per heavy atom. The standard InChI is InChI=1S/C20H22N5O3.ClH/c1-14(26)24-18-11-10-16(25(27)28)13-23(18)20(22-15-7-3-2-4-8-15)19(24)17-9-5-6-12-21-17;/h5-6,9-13,15,22H,2-4,7-8H2,1H3;1H/q+1;/p-1. The van der Waals surface area contributed by atoms with E-state index in [0.717, 1.165) is 25.7 Å². The van der Waals surface area contributed by atoms with Gasteiger partial charge in [-0.1, -0.05) is 25.3 Å². The highest BCUT2D eigenvalue weighted by molar-refractivity contribution is 5.77. The molecule has 0 radical (unpaired) electrons. The highest BCUT2D eigenvalue weighted by Crippen LogP contribution is 2.30. The molecule has 0 aliphatic heterocycles. The van der Waals surface area contributed by atoms with Crippen molar-refractivity contribution in [2.75, 3.05) is 5.32 Å². The predicted octanol–water partition coefficient (Wildman–Crippen LogP) is 0.606. The Labute approximate surface area is 174 Å². The summed E-state index contributed by atoms with van der Waals surface area (Å²) >= 11 is 0. The molecule has 29 heavy (non-hydrogen) atoms. The Hall–Kier alpha value is -3.00. The number of carbonyl (C=O) groups is 1. The zero-order valence-corrected chi connectivity index (χ0v) is 16.8. The molecule has 8 nitrogen and oxygen atoms in total. The number of imidazole rings is 1. The molecule has 3 aromatic rings. The van der Waals surface area contributed by atoms with Gasteiger partial charge in [0.05, 0.1) is 4.92 Å². The molecule has 0 spiro atoms. The quantitative estimate of drug-likeness (QED) is 0.383. The van der Waals surface area contributed by atoms with E-state index in [9.17, 15) is 14.9 Å². The van der Waals surface area contributed by atoms with Crippen molar-refractivity contribution in [2.24, 2.45) is 0 Å². The minimum Gasteiger partial charge on any atom is -1.00 e. The molecule has 0 aromatic carbocycles. The van der Waals surface area contributed by atoms with Crippen LogP contribution in [0.15, 0.2) is 42.7 Å². The number of hydrogen-bond donors (Lipinski definition) is 1. The molecule has 1 aliphatic rings. The number of carbonyl (C=O) groups excluding carboxylic acids is 1. The third kappa shape index (κ3) is 3.93. The van der Waals surface area contributed by atoms with Crippen LogP contribution in [-0.2, 0) is 0 Å². The number of hydrogen-bond acceptors (Lipinski definition) is 5. The lowest BCUT2D eigenvalue weighted by molar-refractivity contribution is -0.532. The summed E-state index contributed by atoms with van der Waals surface area (Å²) in [7, 11) is 0. The maximum absolute atomic E-state index is 12.5. The van der Waals surface area contributed by atoms with Crippen LogP contribution in [0.1, 0.15) is 43.8 Å². The molecule has 0 amide bonds. The Bertz CT molecular complexity index is 1050. The number of pyridine rings is 2. The fraction of sp³-hybridized carbons (Fsp3) is 0.350. The highest BCUT2D eigenvalue weighted by atomic mass is 35.5. The van der Waals surface area contributed by atoms with Crippen molar-refractivity contribution in [1.82, 2.24) is 9.38 Å². The largest absolute Gasteiger partial charge is 1.00 e. The summed E-state index contributed by atoms with van der Waals surface area (Å²) in [5.41, 5.74) is 1.80. The van der Waals surface area contributed by atoms with E-state index in [4.69, 9.17) is 0 Å². The Morgan fingerprint density at radius 3 is 2.62 bits per heavy atom. The van der Waals surface area contributed by atoms with Crippen molar-refractivity contribution in [3.63, 3.8) is 0 Å². The average molecular weight is 416 g/mol. The predicted molar refractivity (Wildman–Crippen MR) is 104 cm³/mol. The van der Waals surface area contributed by atoms with E-state index in [0.29, 0.717) is 22.9 Å². The van der Waals surface area contributed by atoms with Gasteiger partial charge >= 0.3 is 11.6 Å². The summed E-state index contributed by atoms with van der Waals surface area (Å²) in [6.07, 6.45) is 8.72. The molecule has 0 bridgehead atoms. The molecule has 3 heterocycles. The van der Waals surface area contributed by atoms with Gasteiger partial charge in [0.15, 0.2) is 6.20 Å². The van der Waals surface area contributed by atoms with Crippen LogP contribution < -0.4 is 22.3 Å². The van der Waals surface area contributed by atoms with E-state index in [2.05, 4.69) is 10.3 Å². The van der Waals surface area contributed by atoms with E-state index in [1.807, 2.05) is 18.2 Å². The first-order valence-electron chi connectivity index (χ1n) is 9.49. The van der Waals surface area contributed by atoms with Gasteiger partial charge in [0.25, 0.3) is 11.5 Å². The van der Waals surface area contributed by atoms with Crippen LogP contribution in [0.3, 0.4) is 0 Å². The molecule has 1 fully saturated rings. The number of aromatic nitrogens is 3. The van der Waals surface area contributed by atoms with Gasteiger partial charge in [0.2, 0.25) is 5.69 Å². The Balaban J connectivity index is 0.00000240. The molecule has 1 N–H and O–H groups in total. The second-order valence-electron chi connectivity index (χ2n) is 7.12. The van der Waals surface area contributed by atoms with E-state index in [-0.39, 0.29) is 30.0 Å². The molecule has 1 saturated carbocycles. The van der Waals surface area contributed by atoms with Crippen LogP contribution in [0.5, 0.6) is 0 Å². The van der Waals surface area contributed by atoms with Crippen molar-refractivity contribution in [3.8, 4) is 11.4 Å². The number of nitrogens with zero attached hydrogens (tertiary/aromatic N) is 4. The maximum atomic E-state index is 12.5. The number of rotatable bonds is 4. The lowest BCUT2D eigenvalue weighted by Crippen LogP contribution is -3.00. The van der Waals surface area contributed by atoms with Crippen LogP contribution in [0, 0.1) is 10.1 Å². The van der Waals surface area contributed by atoms with Crippen molar-refractivity contribution < 1.29 is 26.7 Å². The van der Waals surface area contributed by atoms with Crippen LogP contribution >= 0.6 is 0 Å². The van der Waals surface area contributed by atoms with Gasteiger partial charge in [-0.05, 0) is 25.0 Å². The summed E-state index contributed by atoms with van der Waals surface area (Å²) in [5, 5.41) is 14.9. The van der Waals surface area contributed by atoms with Gasteiger partial charge in [-0.15, -0.1) is 0 Å². The average Bonchev–Trinajstić information content (AvgIpc) is 3.03. The topological polar surface area (TPSA) is 93.4 Å². The summed E-state index contributed by atoms with van der Waals surface area (Å²) < 4.78 is 3.27. The fourth-order valence-corrected chi connectivity index (χ4v) is 3.92. The first kappa shape index (κ1) is 20.7. The number of nitro groups is 1. The summed E-state index contributed by atoms with van der Waals surface area (Å²) in [6, 6.07) is 8.81. The van der Waals surface area contributed by atoms with Crippen LogP contribution in [-0.4, -0.2) is 26.3 Å². The third-order valence-corrected chi connectivity index (χ3v) is 5.21. The van der Waals surface area contributed by atoms with Crippen molar-refractivity contribution in [2.45, 2.75) is 45.1 Å². The molecule has 0 saturated heterocycles. The van der Waals surface area contributed by atoms with Crippen LogP contribution in [0.4, 0.5) is 11.5 Å². The smallest absolute Gasteiger partial charge is 0.311 e. The number of fused-ring (bicyclic) bond motifs is 1. The molecular weight excluding hydrogens is 394 g/mol. The van der Waals surface area contributed by atoms with Gasteiger partial charge in [0.1, 0.15) is 5.69 Å². The fourth-order valence-electron chi connectivity index (χ4n) is 3.92. The zero-order chi connectivity index (χ0) is 19.7. The zero-order valence-electron chi connectivity index (χ0n) is 16.0. The van der Waals surface area contributed by atoms with E-state index >= 15 is 0 Å². The van der Waals surface area contributed by atoms with Gasteiger partial charge in [-0.3, -0.25) is 15.1 Å². The highest BCUT2D eigenvalue weighted by Gasteiger charge is 2.33. The van der Waals surface area contributed by atoms with Gasteiger partial charge < -0.3 is 17.7 Å². The van der Waals surface area contributed by atoms with Crippen LogP contribution in [0.25, 0.3) is 17.0 Å². The molecule has 4 rings (SSSR count). The second kappa shape index (κ2) is 8.57. The van der Waals surface area contributed by atoms with Gasteiger partial charge in [-0.25, -0.2) is 4.79 Å². The molecule has 152 valence electrons.